The maximum atomic E-state index is 4.24. The van der Waals surface area contributed by atoms with Gasteiger partial charge in [-0.2, -0.15) is 5.10 Å². The van der Waals surface area contributed by atoms with Gasteiger partial charge in [0.15, 0.2) is 5.82 Å². The van der Waals surface area contributed by atoms with Crippen molar-refractivity contribution in [1.29, 1.82) is 0 Å². The summed E-state index contributed by atoms with van der Waals surface area (Å²) >= 11 is 0. The van der Waals surface area contributed by atoms with E-state index in [1.807, 2.05) is 6.20 Å². The molecule has 1 aromatic rings. The molecule has 0 aromatic carbocycles. The Morgan fingerprint density at radius 3 is 2.67 bits per heavy atom. The van der Waals surface area contributed by atoms with E-state index in [-0.39, 0.29) is 0 Å². The van der Waals surface area contributed by atoms with E-state index in [2.05, 4.69) is 22.0 Å². The zero-order valence-electron chi connectivity index (χ0n) is 7.51. The predicted molar refractivity (Wildman–Crippen MR) is 49.4 cm³/mol. The minimum Gasteiger partial charge on any atom is -0.355 e. The lowest BCUT2D eigenvalue weighted by Crippen LogP contribution is -2.30. The van der Waals surface area contributed by atoms with Crippen LogP contribution in [-0.2, 0) is 0 Å². The van der Waals surface area contributed by atoms with Gasteiger partial charge < -0.3 is 4.90 Å². The molecule has 1 fully saturated rings. The van der Waals surface area contributed by atoms with E-state index in [9.17, 15) is 0 Å². The number of rotatable bonds is 1. The zero-order valence-corrected chi connectivity index (χ0v) is 7.51. The number of hydrogen-bond donors (Lipinski definition) is 1. The SMILES string of the molecule is Cc1c[nH]nc1N1CCCCC1. The lowest BCUT2D eigenvalue weighted by atomic mass is 10.1. The summed E-state index contributed by atoms with van der Waals surface area (Å²) in [5, 5.41) is 7.14. The molecule has 1 saturated heterocycles. The topological polar surface area (TPSA) is 31.9 Å². The Balaban J connectivity index is 2.13. The highest BCUT2D eigenvalue weighted by molar-refractivity contribution is 5.44. The van der Waals surface area contributed by atoms with Crippen LogP contribution in [0.2, 0.25) is 0 Å². The second kappa shape index (κ2) is 3.17. The van der Waals surface area contributed by atoms with Crippen LogP contribution in [0.5, 0.6) is 0 Å². The summed E-state index contributed by atoms with van der Waals surface area (Å²) in [6.45, 7) is 4.45. The summed E-state index contributed by atoms with van der Waals surface area (Å²) in [7, 11) is 0. The number of aromatic nitrogens is 2. The number of hydrogen-bond acceptors (Lipinski definition) is 2. The lowest BCUT2D eigenvalue weighted by Gasteiger charge is -2.26. The average molecular weight is 165 g/mol. The minimum absolute atomic E-state index is 1.15. The van der Waals surface area contributed by atoms with E-state index in [1.54, 1.807) is 0 Å². The van der Waals surface area contributed by atoms with E-state index in [1.165, 1.54) is 37.9 Å². The molecule has 0 amide bonds. The molecule has 1 aromatic heterocycles. The van der Waals surface area contributed by atoms with Gasteiger partial charge in [-0.05, 0) is 26.2 Å². The molecule has 2 heterocycles. The van der Waals surface area contributed by atoms with Crippen LogP contribution in [0.3, 0.4) is 0 Å². The number of H-pyrrole nitrogens is 1. The maximum Gasteiger partial charge on any atom is 0.153 e. The summed E-state index contributed by atoms with van der Waals surface area (Å²) in [6.07, 6.45) is 5.96. The van der Waals surface area contributed by atoms with Crippen LogP contribution >= 0.6 is 0 Å². The first kappa shape index (κ1) is 7.65. The molecule has 1 aliphatic rings. The van der Waals surface area contributed by atoms with Gasteiger partial charge in [0.25, 0.3) is 0 Å². The van der Waals surface area contributed by atoms with Crippen LogP contribution in [0, 0.1) is 6.92 Å². The van der Waals surface area contributed by atoms with Crippen molar-refractivity contribution in [2.75, 3.05) is 18.0 Å². The summed E-state index contributed by atoms with van der Waals surface area (Å²) in [4.78, 5) is 2.37. The maximum absolute atomic E-state index is 4.24. The smallest absolute Gasteiger partial charge is 0.153 e. The Bertz CT molecular complexity index is 248. The van der Waals surface area contributed by atoms with E-state index in [4.69, 9.17) is 0 Å². The molecular weight excluding hydrogens is 150 g/mol. The van der Waals surface area contributed by atoms with E-state index in [0.717, 1.165) is 5.82 Å². The van der Waals surface area contributed by atoms with Crippen molar-refractivity contribution in [3.05, 3.63) is 11.8 Å². The van der Waals surface area contributed by atoms with Gasteiger partial charge in [0, 0.05) is 24.8 Å². The molecule has 3 heteroatoms. The standard InChI is InChI=1S/C9H15N3/c1-8-7-10-11-9(8)12-5-3-2-4-6-12/h7H,2-6H2,1H3,(H,10,11). The Kier molecular flexibility index (Phi) is 2.02. The summed E-state index contributed by atoms with van der Waals surface area (Å²) in [5.74, 6) is 1.15. The number of anilines is 1. The molecule has 0 spiro atoms. The van der Waals surface area contributed by atoms with Crippen LogP contribution in [0.4, 0.5) is 5.82 Å². The monoisotopic (exact) mass is 165 g/mol. The molecule has 1 N–H and O–H groups in total. The molecule has 12 heavy (non-hydrogen) atoms. The van der Waals surface area contributed by atoms with Gasteiger partial charge in [-0.25, -0.2) is 0 Å². The van der Waals surface area contributed by atoms with Crippen molar-refractivity contribution in [3.63, 3.8) is 0 Å². The molecular formula is C9H15N3. The van der Waals surface area contributed by atoms with Crippen molar-refractivity contribution in [3.8, 4) is 0 Å². The van der Waals surface area contributed by atoms with Gasteiger partial charge in [0.05, 0.1) is 0 Å². The molecule has 2 rings (SSSR count). The molecule has 0 saturated carbocycles. The fourth-order valence-corrected chi connectivity index (χ4v) is 1.77. The highest BCUT2D eigenvalue weighted by Gasteiger charge is 2.14. The van der Waals surface area contributed by atoms with Gasteiger partial charge in [-0.3, -0.25) is 5.10 Å². The lowest BCUT2D eigenvalue weighted by molar-refractivity contribution is 0.572. The van der Waals surface area contributed by atoms with Gasteiger partial charge >= 0.3 is 0 Å². The van der Waals surface area contributed by atoms with Crippen molar-refractivity contribution in [1.82, 2.24) is 10.2 Å². The van der Waals surface area contributed by atoms with Crippen LogP contribution in [0.15, 0.2) is 6.20 Å². The average Bonchev–Trinajstić information content (AvgIpc) is 2.53. The fraction of sp³-hybridized carbons (Fsp3) is 0.667. The van der Waals surface area contributed by atoms with Crippen molar-refractivity contribution < 1.29 is 0 Å². The molecule has 0 bridgehead atoms. The third-order valence-corrected chi connectivity index (χ3v) is 2.46. The molecule has 0 unspecified atom stereocenters. The first-order valence-corrected chi connectivity index (χ1v) is 4.63. The Hall–Kier alpha value is -0.990. The van der Waals surface area contributed by atoms with Crippen LogP contribution in [0.1, 0.15) is 24.8 Å². The largest absolute Gasteiger partial charge is 0.355 e. The third kappa shape index (κ3) is 1.31. The number of aryl methyl sites for hydroxylation is 1. The normalized spacial score (nSPS) is 18.2. The van der Waals surface area contributed by atoms with Gasteiger partial charge in [0.1, 0.15) is 0 Å². The van der Waals surface area contributed by atoms with Gasteiger partial charge in [0.2, 0.25) is 0 Å². The third-order valence-electron chi connectivity index (χ3n) is 2.46. The predicted octanol–water partition coefficient (Wildman–Crippen LogP) is 1.71. The second-order valence-corrected chi connectivity index (χ2v) is 3.44. The molecule has 0 aliphatic carbocycles. The quantitative estimate of drug-likeness (QED) is 0.687. The number of piperidine rings is 1. The Morgan fingerprint density at radius 1 is 1.33 bits per heavy atom. The number of nitrogens with zero attached hydrogens (tertiary/aromatic N) is 2. The minimum atomic E-state index is 1.15. The molecule has 66 valence electrons. The van der Waals surface area contributed by atoms with Crippen LogP contribution < -0.4 is 4.90 Å². The summed E-state index contributed by atoms with van der Waals surface area (Å²) < 4.78 is 0. The van der Waals surface area contributed by atoms with E-state index in [0.29, 0.717) is 0 Å². The van der Waals surface area contributed by atoms with Crippen molar-refractivity contribution in [2.24, 2.45) is 0 Å². The van der Waals surface area contributed by atoms with Crippen molar-refractivity contribution >= 4 is 5.82 Å². The number of aromatic amines is 1. The van der Waals surface area contributed by atoms with E-state index < -0.39 is 0 Å². The summed E-state index contributed by atoms with van der Waals surface area (Å²) in [5.41, 5.74) is 1.26. The van der Waals surface area contributed by atoms with Gasteiger partial charge in [-0.15, -0.1) is 0 Å². The molecule has 1 aliphatic heterocycles. The first-order valence-electron chi connectivity index (χ1n) is 4.63. The highest BCUT2D eigenvalue weighted by atomic mass is 15.3. The zero-order chi connectivity index (χ0) is 8.39. The Labute approximate surface area is 72.8 Å². The highest BCUT2D eigenvalue weighted by Crippen LogP contribution is 2.19. The second-order valence-electron chi connectivity index (χ2n) is 3.44. The summed E-state index contributed by atoms with van der Waals surface area (Å²) in [6, 6.07) is 0. The molecule has 0 radical (unpaired) electrons. The first-order chi connectivity index (χ1) is 5.88. The van der Waals surface area contributed by atoms with Crippen LogP contribution in [-0.4, -0.2) is 23.3 Å². The Morgan fingerprint density at radius 2 is 2.08 bits per heavy atom. The van der Waals surface area contributed by atoms with Gasteiger partial charge in [-0.1, -0.05) is 0 Å². The van der Waals surface area contributed by atoms with E-state index >= 15 is 0 Å². The van der Waals surface area contributed by atoms with Crippen molar-refractivity contribution in [2.45, 2.75) is 26.2 Å². The fourth-order valence-electron chi connectivity index (χ4n) is 1.77. The molecule has 3 nitrogen and oxygen atoms in total. The molecule has 0 atom stereocenters. The number of nitrogens with one attached hydrogen (secondary N) is 1. The van der Waals surface area contributed by atoms with Crippen LogP contribution in [0.25, 0.3) is 0 Å².